The molecule has 4 nitrogen and oxygen atoms in total. The van der Waals surface area contributed by atoms with Gasteiger partial charge in [-0.1, -0.05) is 19.1 Å². The van der Waals surface area contributed by atoms with Crippen molar-refractivity contribution in [3.63, 3.8) is 0 Å². The normalized spacial score (nSPS) is 10.6. The molecular formula is C22H24N2O2S. The Bertz CT molecular complexity index is 911. The molecule has 0 amide bonds. The Balaban J connectivity index is 2.05. The molecule has 140 valence electrons. The molecule has 0 radical (unpaired) electrons. The predicted octanol–water partition coefficient (Wildman–Crippen LogP) is 5.67. The summed E-state index contributed by atoms with van der Waals surface area (Å²) in [6.07, 6.45) is 0. The highest BCUT2D eigenvalue weighted by Gasteiger charge is 2.10. The van der Waals surface area contributed by atoms with Gasteiger partial charge in [0.2, 0.25) is 0 Å². The first-order valence-electron chi connectivity index (χ1n) is 9.01. The van der Waals surface area contributed by atoms with Gasteiger partial charge in [0.05, 0.1) is 12.8 Å². The standard InChI is InChI=1S/C22H24N2O2S/c1-4-23-22-14-17(15-6-9-18(10-7-15)27-5-2)12-19(24-22)16-8-11-20(25)21(13-16)26-3/h6-14,25H,4-5H2,1-3H3,(H,23,24). The molecule has 1 aromatic heterocycles. The molecule has 27 heavy (non-hydrogen) atoms. The number of hydrogen-bond donors (Lipinski definition) is 2. The van der Waals surface area contributed by atoms with Crippen molar-refractivity contribution in [2.24, 2.45) is 0 Å². The van der Waals surface area contributed by atoms with E-state index in [0.29, 0.717) is 5.75 Å². The van der Waals surface area contributed by atoms with Crippen molar-refractivity contribution in [2.45, 2.75) is 18.7 Å². The number of anilines is 1. The van der Waals surface area contributed by atoms with E-state index in [1.54, 1.807) is 19.2 Å². The number of thioether (sulfide) groups is 1. The first-order chi connectivity index (χ1) is 13.1. The average Bonchev–Trinajstić information content (AvgIpc) is 2.69. The SMILES string of the molecule is CCNc1cc(-c2ccc(SCC)cc2)cc(-c2ccc(O)c(OC)c2)n1. The zero-order chi connectivity index (χ0) is 19.2. The number of hydrogen-bond acceptors (Lipinski definition) is 5. The number of pyridine rings is 1. The minimum absolute atomic E-state index is 0.119. The zero-order valence-corrected chi connectivity index (χ0v) is 16.6. The molecule has 0 spiro atoms. The topological polar surface area (TPSA) is 54.4 Å². The smallest absolute Gasteiger partial charge is 0.161 e. The molecule has 2 aromatic carbocycles. The number of aromatic nitrogens is 1. The molecule has 0 saturated carbocycles. The van der Waals surface area contributed by atoms with Crippen LogP contribution in [-0.4, -0.2) is 29.5 Å². The quantitative estimate of drug-likeness (QED) is 0.517. The second kappa shape index (κ2) is 8.82. The number of methoxy groups -OCH3 is 1. The summed E-state index contributed by atoms with van der Waals surface area (Å²) in [5.41, 5.74) is 3.96. The highest BCUT2D eigenvalue weighted by Crippen LogP contribution is 2.34. The molecule has 0 aliphatic carbocycles. The van der Waals surface area contributed by atoms with Crippen molar-refractivity contribution < 1.29 is 9.84 Å². The van der Waals surface area contributed by atoms with E-state index in [-0.39, 0.29) is 5.75 Å². The summed E-state index contributed by atoms with van der Waals surface area (Å²) in [7, 11) is 1.54. The number of benzene rings is 2. The molecule has 0 aliphatic heterocycles. The van der Waals surface area contributed by atoms with Crippen LogP contribution in [0.15, 0.2) is 59.5 Å². The van der Waals surface area contributed by atoms with Gasteiger partial charge in [0.25, 0.3) is 0 Å². The zero-order valence-electron chi connectivity index (χ0n) is 15.8. The number of phenols is 1. The first-order valence-corrected chi connectivity index (χ1v) is 9.99. The molecule has 0 aliphatic rings. The van der Waals surface area contributed by atoms with Gasteiger partial charge in [-0.15, -0.1) is 11.8 Å². The van der Waals surface area contributed by atoms with Crippen LogP contribution in [0.2, 0.25) is 0 Å². The third-order valence-corrected chi connectivity index (χ3v) is 5.05. The molecular weight excluding hydrogens is 356 g/mol. The number of nitrogens with one attached hydrogen (secondary N) is 1. The van der Waals surface area contributed by atoms with E-state index in [0.717, 1.165) is 40.5 Å². The Hall–Kier alpha value is -2.66. The van der Waals surface area contributed by atoms with Crippen LogP contribution in [-0.2, 0) is 0 Å². The van der Waals surface area contributed by atoms with Crippen molar-refractivity contribution >= 4 is 17.6 Å². The van der Waals surface area contributed by atoms with E-state index in [9.17, 15) is 5.11 Å². The van der Waals surface area contributed by atoms with Gasteiger partial charge in [-0.25, -0.2) is 4.98 Å². The van der Waals surface area contributed by atoms with Crippen LogP contribution in [0.25, 0.3) is 22.4 Å². The molecule has 0 fully saturated rings. The maximum atomic E-state index is 9.86. The molecule has 1 heterocycles. The summed E-state index contributed by atoms with van der Waals surface area (Å²) in [4.78, 5) is 5.99. The molecule has 3 rings (SSSR count). The van der Waals surface area contributed by atoms with Crippen molar-refractivity contribution in [3.8, 4) is 33.9 Å². The van der Waals surface area contributed by atoms with Crippen LogP contribution in [0.5, 0.6) is 11.5 Å². The lowest BCUT2D eigenvalue weighted by molar-refractivity contribution is 0.373. The van der Waals surface area contributed by atoms with Crippen LogP contribution >= 0.6 is 11.8 Å². The molecule has 0 atom stereocenters. The number of rotatable bonds is 7. The van der Waals surface area contributed by atoms with Gasteiger partial charge < -0.3 is 15.2 Å². The van der Waals surface area contributed by atoms with Gasteiger partial charge >= 0.3 is 0 Å². The van der Waals surface area contributed by atoms with Gasteiger partial charge in [0.15, 0.2) is 11.5 Å². The Kier molecular flexibility index (Phi) is 6.24. The summed E-state index contributed by atoms with van der Waals surface area (Å²) >= 11 is 1.83. The lowest BCUT2D eigenvalue weighted by atomic mass is 10.0. The third-order valence-electron chi connectivity index (χ3n) is 4.16. The average molecular weight is 381 g/mol. The number of phenolic OH excluding ortho intramolecular Hbond substituents is 1. The maximum absolute atomic E-state index is 9.86. The third kappa shape index (κ3) is 4.55. The Morgan fingerprint density at radius 3 is 2.37 bits per heavy atom. The number of aromatic hydroxyl groups is 1. The maximum Gasteiger partial charge on any atom is 0.161 e. The van der Waals surface area contributed by atoms with E-state index in [1.807, 2.05) is 24.8 Å². The monoisotopic (exact) mass is 380 g/mol. The van der Waals surface area contributed by atoms with Gasteiger partial charge in [0, 0.05) is 17.0 Å². The second-order valence-electron chi connectivity index (χ2n) is 6.00. The predicted molar refractivity (Wildman–Crippen MR) is 114 cm³/mol. The fraction of sp³-hybridized carbons (Fsp3) is 0.227. The van der Waals surface area contributed by atoms with Crippen LogP contribution < -0.4 is 10.1 Å². The minimum atomic E-state index is 0.119. The summed E-state index contributed by atoms with van der Waals surface area (Å²) in [5.74, 6) is 2.44. The van der Waals surface area contributed by atoms with Gasteiger partial charge in [-0.05, 0) is 66.3 Å². The highest BCUT2D eigenvalue weighted by molar-refractivity contribution is 7.99. The van der Waals surface area contributed by atoms with Crippen molar-refractivity contribution in [1.29, 1.82) is 0 Å². The second-order valence-corrected chi connectivity index (χ2v) is 7.34. The van der Waals surface area contributed by atoms with Crippen LogP contribution in [0.4, 0.5) is 5.82 Å². The molecule has 0 bridgehead atoms. The molecule has 0 saturated heterocycles. The lowest BCUT2D eigenvalue weighted by Gasteiger charge is -2.12. The number of nitrogens with zero attached hydrogens (tertiary/aromatic N) is 1. The molecule has 0 unspecified atom stereocenters. The molecule has 2 N–H and O–H groups in total. The minimum Gasteiger partial charge on any atom is -0.504 e. The van der Waals surface area contributed by atoms with Gasteiger partial charge in [0.1, 0.15) is 5.82 Å². The van der Waals surface area contributed by atoms with Crippen LogP contribution in [0.3, 0.4) is 0 Å². The van der Waals surface area contributed by atoms with E-state index < -0.39 is 0 Å². The lowest BCUT2D eigenvalue weighted by Crippen LogP contribution is -2.00. The van der Waals surface area contributed by atoms with E-state index in [4.69, 9.17) is 9.72 Å². The van der Waals surface area contributed by atoms with E-state index in [2.05, 4.69) is 48.6 Å². The fourth-order valence-corrected chi connectivity index (χ4v) is 3.53. The van der Waals surface area contributed by atoms with Crippen molar-refractivity contribution in [1.82, 2.24) is 4.98 Å². The van der Waals surface area contributed by atoms with E-state index >= 15 is 0 Å². The summed E-state index contributed by atoms with van der Waals surface area (Å²) in [6.45, 7) is 5.00. The Labute approximate surface area is 164 Å². The van der Waals surface area contributed by atoms with Crippen molar-refractivity contribution in [2.75, 3.05) is 24.7 Å². The van der Waals surface area contributed by atoms with E-state index in [1.165, 1.54) is 4.90 Å². The molecule has 3 aromatic rings. The number of ether oxygens (including phenoxy) is 1. The Morgan fingerprint density at radius 2 is 1.70 bits per heavy atom. The highest BCUT2D eigenvalue weighted by atomic mass is 32.2. The van der Waals surface area contributed by atoms with Crippen LogP contribution in [0, 0.1) is 0 Å². The molecule has 5 heteroatoms. The fourth-order valence-electron chi connectivity index (χ4n) is 2.86. The van der Waals surface area contributed by atoms with Gasteiger partial charge in [-0.3, -0.25) is 0 Å². The summed E-state index contributed by atoms with van der Waals surface area (Å²) < 4.78 is 5.24. The summed E-state index contributed by atoms with van der Waals surface area (Å²) in [6, 6.07) is 18.0. The van der Waals surface area contributed by atoms with Crippen molar-refractivity contribution in [3.05, 3.63) is 54.6 Å². The first kappa shape index (κ1) is 19.1. The summed E-state index contributed by atoms with van der Waals surface area (Å²) in [5, 5.41) is 13.2. The Morgan fingerprint density at radius 1 is 0.963 bits per heavy atom. The van der Waals surface area contributed by atoms with Crippen LogP contribution in [0.1, 0.15) is 13.8 Å². The van der Waals surface area contributed by atoms with Gasteiger partial charge in [-0.2, -0.15) is 0 Å². The largest absolute Gasteiger partial charge is 0.504 e.